The van der Waals surface area contributed by atoms with Gasteiger partial charge in [-0.1, -0.05) is 26.0 Å². The Balaban J connectivity index is 2.46. The van der Waals surface area contributed by atoms with E-state index in [9.17, 15) is 0 Å². The van der Waals surface area contributed by atoms with Crippen LogP contribution in [0.15, 0.2) is 24.4 Å². The van der Waals surface area contributed by atoms with Gasteiger partial charge in [-0.05, 0) is 30.0 Å². The Hall–Kier alpha value is -1.28. The van der Waals surface area contributed by atoms with Crippen molar-refractivity contribution in [3.05, 3.63) is 41.3 Å². The summed E-state index contributed by atoms with van der Waals surface area (Å²) < 4.78 is 0. The molecule has 0 aliphatic heterocycles. The molecule has 3 heteroatoms. The molecule has 0 radical (unpaired) electrons. The fourth-order valence-corrected chi connectivity index (χ4v) is 1.99. The van der Waals surface area contributed by atoms with Gasteiger partial charge in [-0.2, -0.15) is 0 Å². The number of aromatic nitrogens is 2. The number of imidazole rings is 1. The summed E-state index contributed by atoms with van der Waals surface area (Å²) in [6.45, 7) is 6.51. The number of halogens is 1. The van der Waals surface area contributed by atoms with Crippen molar-refractivity contribution < 1.29 is 0 Å². The third-order valence-corrected chi connectivity index (χ3v) is 3.23. The van der Waals surface area contributed by atoms with Gasteiger partial charge < -0.3 is 4.98 Å². The van der Waals surface area contributed by atoms with Gasteiger partial charge in [-0.15, -0.1) is 11.6 Å². The molecule has 0 bridgehead atoms. The van der Waals surface area contributed by atoms with E-state index in [2.05, 4.69) is 48.9 Å². The molecule has 1 N–H and O–H groups in total. The summed E-state index contributed by atoms with van der Waals surface area (Å²) in [7, 11) is 0. The zero-order valence-corrected chi connectivity index (χ0v) is 11.2. The van der Waals surface area contributed by atoms with Gasteiger partial charge in [0, 0.05) is 5.56 Å². The zero-order valence-electron chi connectivity index (χ0n) is 10.4. The van der Waals surface area contributed by atoms with Crippen molar-refractivity contribution >= 4 is 11.6 Å². The van der Waals surface area contributed by atoms with Crippen LogP contribution >= 0.6 is 11.6 Å². The van der Waals surface area contributed by atoms with E-state index in [4.69, 9.17) is 11.6 Å². The lowest BCUT2D eigenvalue weighted by Crippen LogP contribution is -1.91. The molecule has 17 heavy (non-hydrogen) atoms. The smallest absolute Gasteiger partial charge is 0.121 e. The van der Waals surface area contributed by atoms with Crippen LogP contribution in [-0.4, -0.2) is 9.97 Å². The molecule has 0 atom stereocenters. The second-order valence-electron chi connectivity index (χ2n) is 4.61. The average molecular weight is 249 g/mol. The molecular formula is C14H17ClN2. The Morgan fingerprint density at radius 1 is 1.35 bits per heavy atom. The summed E-state index contributed by atoms with van der Waals surface area (Å²) in [5.74, 6) is 1.77. The molecule has 90 valence electrons. The van der Waals surface area contributed by atoms with Crippen molar-refractivity contribution in [3.8, 4) is 11.3 Å². The zero-order chi connectivity index (χ0) is 12.4. The van der Waals surface area contributed by atoms with Crippen LogP contribution in [0.25, 0.3) is 11.3 Å². The van der Waals surface area contributed by atoms with Crippen LogP contribution < -0.4 is 0 Å². The SMILES string of the molecule is Cc1ccc(C(C)C)cc1-c1cnc(CCl)[nH]1. The normalized spacial score (nSPS) is 11.1. The molecule has 2 rings (SSSR count). The van der Waals surface area contributed by atoms with Crippen molar-refractivity contribution in [2.45, 2.75) is 32.6 Å². The third kappa shape index (κ3) is 2.52. The predicted molar refractivity (Wildman–Crippen MR) is 72.4 cm³/mol. The molecule has 0 unspecified atom stereocenters. The maximum Gasteiger partial charge on any atom is 0.121 e. The molecule has 0 spiro atoms. The Morgan fingerprint density at radius 2 is 2.12 bits per heavy atom. The van der Waals surface area contributed by atoms with Crippen LogP contribution in [0.2, 0.25) is 0 Å². The first-order valence-corrected chi connectivity index (χ1v) is 6.36. The van der Waals surface area contributed by atoms with E-state index in [1.54, 1.807) is 0 Å². The summed E-state index contributed by atoms with van der Waals surface area (Å²) in [6.07, 6.45) is 1.85. The van der Waals surface area contributed by atoms with Gasteiger partial charge in [0.2, 0.25) is 0 Å². The number of aryl methyl sites for hydroxylation is 1. The van der Waals surface area contributed by atoms with E-state index < -0.39 is 0 Å². The number of aromatic amines is 1. The fraction of sp³-hybridized carbons (Fsp3) is 0.357. The maximum absolute atomic E-state index is 5.76. The van der Waals surface area contributed by atoms with Crippen LogP contribution in [0.1, 0.15) is 36.7 Å². The lowest BCUT2D eigenvalue weighted by molar-refractivity contribution is 0.866. The quantitative estimate of drug-likeness (QED) is 0.809. The molecule has 0 saturated carbocycles. The Bertz CT molecular complexity index is 515. The van der Waals surface area contributed by atoms with Crippen LogP contribution in [0.4, 0.5) is 0 Å². The van der Waals surface area contributed by atoms with Crippen molar-refractivity contribution in [1.29, 1.82) is 0 Å². The van der Waals surface area contributed by atoms with Crippen LogP contribution in [0.3, 0.4) is 0 Å². The Labute approximate surface area is 107 Å². The molecular weight excluding hydrogens is 232 g/mol. The van der Waals surface area contributed by atoms with E-state index in [0.29, 0.717) is 11.8 Å². The van der Waals surface area contributed by atoms with Crippen molar-refractivity contribution in [2.24, 2.45) is 0 Å². The highest BCUT2D eigenvalue weighted by molar-refractivity contribution is 6.16. The molecule has 0 fully saturated rings. The number of hydrogen-bond donors (Lipinski definition) is 1. The summed E-state index contributed by atoms with van der Waals surface area (Å²) in [5, 5.41) is 0. The lowest BCUT2D eigenvalue weighted by atomic mass is 9.97. The number of H-pyrrole nitrogens is 1. The van der Waals surface area contributed by atoms with Crippen LogP contribution in [0, 0.1) is 6.92 Å². The number of hydrogen-bond acceptors (Lipinski definition) is 1. The highest BCUT2D eigenvalue weighted by atomic mass is 35.5. The second-order valence-corrected chi connectivity index (χ2v) is 4.87. The number of benzene rings is 1. The van der Waals surface area contributed by atoms with E-state index in [-0.39, 0.29) is 0 Å². The fourth-order valence-electron chi connectivity index (χ4n) is 1.86. The molecule has 0 aliphatic carbocycles. The van der Waals surface area contributed by atoms with Crippen molar-refractivity contribution in [1.82, 2.24) is 9.97 Å². The van der Waals surface area contributed by atoms with E-state index >= 15 is 0 Å². The lowest BCUT2D eigenvalue weighted by Gasteiger charge is -2.10. The summed E-state index contributed by atoms with van der Waals surface area (Å²) in [4.78, 5) is 7.48. The standard InChI is InChI=1S/C14H17ClN2/c1-9(2)11-5-4-10(3)12(6-11)13-8-16-14(7-15)17-13/h4-6,8-9H,7H2,1-3H3,(H,16,17). The molecule has 1 aromatic carbocycles. The first kappa shape index (κ1) is 12.2. The van der Waals surface area contributed by atoms with E-state index in [1.807, 2.05) is 6.20 Å². The highest BCUT2D eigenvalue weighted by Gasteiger charge is 2.08. The number of alkyl halides is 1. The minimum atomic E-state index is 0.420. The number of rotatable bonds is 3. The first-order chi connectivity index (χ1) is 8.11. The van der Waals surface area contributed by atoms with E-state index in [0.717, 1.165) is 11.5 Å². The molecule has 2 aromatic rings. The monoisotopic (exact) mass is 248 g/mol. The van der Waals surface area contributed by atoms with Crippen molar-refractivity contribution in [2.75, 3.05) is 0 Å². The van der Waals surface area contributed by atoms with Gasteiger partial charge in [0.25, 0.3) is 0 Å². The summed E-state index contributed by atoms with van der Waals surface area (Å²) >= 11 is 5.76. The molecule has 1 aromatic heterocycles. The molecule has 2 nitrogen and oxygen atoms in total. The van der Waals surface area contributed by atoms with Crippen molar-refractivity contribution in [3.63, 3.8) is 0 Å². The summed E-state index contributed by atoms with van der Waals surface area (Å²) in [6, 6.07) is 6.57. The molecule has 0 saturated heterocycles. The topological polar surface area (TPSA) is 28.7 Å². The van der Waals surface area contributed by atoms with Gasteiger partial charge in [-0.3, -0.25) is 0 Å². The van der Waals surface area contributed by atoms with Crippen LogP contribution in [0.5, 0.6) is 0 Å². The minimum absolute atomic E-state index is 0.420. The Kier molecular flexibility index (Phi) is 3.53. The minimum Gasteiger partial charge on any atom is -0.341 e. The average Bonchev–Trinajstić information content (AvgIpc) is 2.77. The van der Waals surface area contributed by atoms with Crippen LogP contribution in [-0.2, 0) is 5.88 Å². The number of nitrogens with one attached hydrogen (secondary N) is 1. The molecule has 0 aliphatic rings. The Morgan fingerprint density at radius 3 is 2.71 bits per heavy atom. The number of nitrogens with zero attached hydrogens (tertiary/aromatic N) is 1. The predicted octanol–water partition coefficient (Wildman–Crippen LogP) is 4.25. The highest BCUT2D eigenvalue weighted by Crippen LogP contribution is 2.26. The van der Waals surface area contributed by atoms with Gasteiger partial charge in [0.05, 0.1) is 17.8 Å². The van der Waals surface area contributed by atoms with Gasteiger partial charge in [0.15, 0.2) is 0 Å². The first-order valence-electron chi connectivity index (χ1n) is 5.82. The third-order valence-electron chi connectivity index (χ3n) is 2.97. The van der Waals surface area contributed by atoms with Gasteiger partial charge in [0.1, 0.15) is 5.82 Å². The molecule has 1 heterocycles. The summed E-state index contributed by atoms with van der Waals surface area (Å²) in [5.41, 5.74) is 4.84. The van der Waals surface area contributed by atoms with E-state index in [1.165, 1.54) is 16.7 Å². The maximum atomic E-state index is 5.76. The largest absolute Gasteiger partial charge is 0.341 e. The van der Waals surface area contributed by atoms with Gasteiger partial charge >= 0.3 is 0 Å². The van der Waals surface area contributed by atoms with Gasteiger partial charge in [-0.25, -0.2) is 4.98 Å². The second kappa shape index (κ2) is 4.92. The molecule has 0 amide bonds.